The molecular formula is C15H13N5O5. The maximum absolute atomic E-state index is 11.3. The van der Waals surface area contributed by atoms with Crippen LogP contribution in [-0.4, -0.2) is 46.8 Å². The fourth-order valence-corrected chi connectivity index (χ4v) is 2.50. The zero-order valence-electron chi connectivity index (χ0n) is 13.0. The van der Waals surface area contributed by atoms with Crippen LogP contribution in [0.25, 0.3) is 11.2 Å². The Morgan fingerprint density at radius 1 is 1.12 bits per heavy atom. The van der Waals surface area contributed by atoms with Crippen molar-refractivity contribution in [1.29, 1.82) is 0 Å². The highest BCUT2D eigenvalue weighted by molar-refractivity contribution is 6.01. The van der Waals surface area contributed by atoms with Crippen molar-refractivity contribution in [3.8, 4) is 6.01 Å². The van der Waals surface area contributed by atoms with Crippen LogP contribution in [0.5, 0.6) is 6.01 Å². The normalized spacial score (nSPS) is 10.9. The van der Waals surface area contributed by atoms with E-state index < -0.39 is 11.9 Å². The zero-order chi connectivity index (χ0) is 18.3. The standard InChI is InChI=1S/C15H13N5O5/c1-6-17-11(16)10-12(18-6)20(15(25)19-10)5-7-2-3-8(13(21)22)9(4-7)14(23)24/h2-4H,5H2,1H3,(H,19,25)(H,21,22)(H,23,24)(H2,16,17,18). The van der Waals surface area contributed by atoms with Gasteiger partial charge >= 0.3 is 11.9 Å². The third-order valence-corrected chi connectivity index (χ3v) is 3.60. The molecule has 0 spiro atoms. The molecule has 1 aromatic carbocycles. The highest BCUT2D eigenvalue weighted by Crippen LogP contribution is 2.24. The maximum Gasteiger partial charge on any atom is 0.336 e. The van der Waals surface area contributed by atoms with E-state index in [1.807, 2.05) is 0 Å². The smallest absolute Gasteiger partial charge is 0.336 e. The van der Waals surface area contributed by atoms with Crippen molar-refractivity contribution < 1.29 is 24.9 Å². The summed E-state index contributed by atoms with van der Waals surface area (Å²) in [5.41, 5.74) is 6.07. The number of fused-ring (bicyclic) bond motifs is 1. The van der Waals surface area contributed by atoms with Gasteiger partial charge in [-0.15, -0.1) is 0 Å². The predicted octanol–water partition coefficient (Wildman–Crippen LogP) is 0.867. The van der Waals surface area contributed by atoms with Gasteiger partial charge in [-0.1, -0.05) is 6.07 Å². The second-order valence-electron chi connectivity index (χ2n) is 5.32. The Morgan fingerprint density at radius 3 is 2.44 bits per heavy atom. The number of hydrogen-bond donors (Lipinski definition) is 4. The van der Waals surface area contributed by atoms with E-state index in [0.29, 0.717) is 17.0 Å². The van der Waals surface area contributed by atoms with Gasteiger partial charge in [0.2, 0.25) is 0 Å². The second kappa shape index (κ2) is 5.74. The van der Waals surface area contributed by atoms with Crippen LogP contribution in [0.2, 0.25) is 0 Å². The molecule has 0 atom stereocenters. The van der Waals surface area contributed by atoms with E-state index in [1.165, 1.54) is 22.8 Å². The van der Waals surface area contributed by atoms with Gasteiger partial charge in [-0.05, 0) is 24.6 Å². The largest absolute Gasteiger partial charge is 0.480 e. The number of nitrogen functional groups attached to an aromatic ring is 1. The summed E-state index contributed by atoms with van der Waals surface area (Å²) in [5, 5.41) is 28.3. The van der Waals surface area contributed by atoms with E-state index in [4.69, 9.17) is 10.8 Å². The number of nitrogens with two attached hydrogens (primary N) is 1. The van der Waals surface area contributed by atoms with Crippen LogP contribution in [0, 0.1) is 6.92 Å². The van der Waals surface area contributed by atoms with Crippen molar-refractivity contribution in [2.45, 2.75) is 13.5 Å². The van der Waals surface area contributed by atoms with Gasteiger partial charge in [0.1, 0.15) is 5.82 Å². The number of carboxylic acids is 2. The molecule has 0 unspecified atom stereocenters. The first-order valence-corrected chi connectivity index (χ1v) is 7.06. The summed E-state index contributed by atoms with van der Waals surface area (Å²) >= 11 is 0. The molecule has 10 heteroatoms. The van der Waals surface area contributed by atoms with Gasteiger partial charge in [0, 0.05) is 0 Å². The SMILES string of the molecule is Cc1nc(N)c2nc(O)n(Cc3ccc(C(=O)O)c(C(=O)O)c3)c2n1. The first-order valence-electron chi connectivity index (χ1n) is 7.06. The predicted molar refractivity (Wildman–Crippen MR) is 85.6 cm³/mol. The number of nitrogens with zero attached hydrogens (tertiary/aromatic N) is 4. The molecule has 0 bridgehead atoms. The van der Waals surface area contributed by atoms with E-state index in [9.17, 15) is 19.8 Å². The van der Waals surface area contributed by atoms with Crippen LogP contribution in [0.1, 0.15) is 32.1 Å². The summed E-state index contributed by atoms with van der Waals surface area (Å²) in [6.45, 7) is 1.66. The molecule has 10 nitrogen and oxygen atoms in total. The molecule has 2 heterocycles. The lowest BCUT2D eigenvalue weighted by atomic mass is 10.0. The summed E-state index contributed by atoms with van der Waals surface area (Å²) < 4.78 is 1.34. The average molecular weight is 343 g/mol. The van der Waals surface area contributed by atoms with Crippen LogP contribution in [-0.2, 0) is 6.54 Å². The lowest BCUT2D eigenvalue weighted by Gasteiger charge is -2.08. The molecule has 0 fully saturated rings. The second-order valence-corrected chi connectivity index (χ2v) is 5.32. The highest BCUT2D eigenvalue weighted by Gasteiger charge is 2.19. The van der Waals surface area contributed by atoms with E-state index in [-0.39, 0.29) is 35.0 Å². The van der Waals surface area contributed by atoms with Crippen LogP contribution in [0.4, 0.5) is 5.82 Å². The quantitative estimate of drug-likeness (QED) is 0.537. The number of imidazole rings is 1. The number of carboxylic acid groups (broad SMARTS) is 2. The first-order chi connectivity index (χ1) is 11.8. The van der Waals surface area contributed by atoms with Crippen molar-refractivity contribution in [2.75, 3.05) is 5.73 Å². The molecule has 5 N–H and O–H groups in total. The number of aromatic nitrogens is 4. The average Bonchev–Trinajstić information content (AvgIpc) is 2.84. The lowest BCUT2D eigenvalue weighted by molar-refractivity contribution is 0.0651. The highest BCUT2D eigenvalue weighted by atomic mass is 16.4. The van der Waals surface area contributed by atoms with Crippen LogP contribution >= 0.6 is 0 Å². The maximum atomic E-state index is 11.3. The molecule has 0 aliphatic heterocycles. The van der Waals surface area contributed by atoms with Crippen LogP contribution in [0.3, 0.4) is 0 Å². The van der Waals surface area contributed by atoms with Gasteiger partial charge in [0.05, 0.1) is 17.7 Å². The van der Waals surface area contributed by atoms with Gasteiger partial charge in [-0.2, -0.15) is 4.98 Å². The molecule has 0 amide bonds. The van der Waals surface area contributed by atoms with E-state index in [1.54, 1.807) is 6.92 Å². The number of benzene rings is 1. The molecule has 3 aromatic rings. The Bertz CT molecular complexity index is 1030. The molecule has 0 aliphatic rings. The lowest BCUT2D eigenvalue weighted by Crippen LogP contribution is -2.10. The molecule has 128 valence electrons. The Morgan fingerprint density at radius 2 is 1.80 bits per heavy atom. The summed E-state index contributed by atoms with van der Waals surface area (Å²) in [4.78, 5) is 34.5. The molecule has 25 heavy (non-hydrogen) atoms. The molecule has 0 aliphatic carbocycles. The Hall–Kier alpha value is -3.69. The summed E-state index contributed by atoms with van der Waals surface area (Å²) in [6, 6.07) is 3.53. The van der Waals surface area contributed by atoms with Crippen molar-refractivity contribution >= 4 is 28.9 Å². The zero-order valence-corrected chi connectivity index (χ0v) is 13.0. The number of aryl methyl sites for hydroxylation is 1. The summed E-state index contributed by atoms with van der Waals surface area (Å²) in [5.74, 6) is -2.19. The van der Waals surface area contributed by atoms with Gasteiger partial charge in [-0.3, -0.25) is 4.57 Å². The van der Waals surface area contributed by atoms with E-state index in [2.05, 4.69) is 15.0 Å². The Kier molecular flexibility index (Phi) is 3.72. The molecule has 0 saturated heterocycles. The minimum absolute atomic E-state index is 0.0262. The van der Waals surface area contributed by atoms with Gasteiger partial charge in [0.25, 0.3) is 6.01 Å². The van der Waals surface area contributed by atoms with Crippen molar-refractivity contribution in [1.82, 2.24) is 19.5 Å². The van der Waals surface area contributed by atoms with Crippen molar-refractivity contribution in [3.05, 3.63) is 40.7 Å². The molecule has 0 radical (unpaired) electrons. The third kappa shape index (κ3) is 2.80. The van der Waals surface area contributed by atoms with Crippen molar-refractivity contribution in [3.63, 3.8) is 0 Å². The molecule has 0 saturated carbocycles. The van der Waals surface area contributed by atoms with Gasteiger partial charge in [-0.25, -0.2) is 19.6 Å². The first kappa shape index (κ1) is 16.2. The number of hydrogen-bond acceptors (Lipinski definition) is 7. The van der Waals surface area contributed by atoms with Crippen molar-refractivity contribution in [2.24, 2.45) is 0 Å². The fraction of sp³-hybridized carbons (Fsp3) is 0.133. The number of rotatable bonds is 4. The van der Waals surface area contributed by atoms with Gasteiger partial charge < -0.3 is 21.1 Å². The molecule has 3 rings (SSSR count). The number of anilines is 1. The van der Waals surface area contributed by atoms with E-state index in [0.717, 1.165) is 0 Å². The number of aromatic hydroxyl groups is 1. The Balaban J connectivity index is 2.10. The van der Waals surface area contributed by atoms with E-state index >= 15 is 0 Å². The minimum Gasteiger partial charge on any atom is -0.480 e. The van der Waals surface area contributed by atoms with Gasteiger partial charge in [0.15, 0.2) is 17.0 Å². The number of aromatic carboxylic acids is 2. The van der Waals surface area contributed by atoms with Crippen LogP contribution in [0.15, 0.2) is 18.2 Å². The summed E-state index contributed by atoms with van der Waals surface area (Å²) in [6.07, 6.45) is 0. The Labute approximate surface area is 140 Å². The number of carbonyl (C=O) groups is 2. The van der Waals surface area contributed by atoms with Crippen LogP contribution < -0.4 is 5.73 Å². The fourth-order valence-electron chi connectivity index (χ4n) is 2.50. The molecule has 2 aromatic heterocycles. The third-order valence-electron chi connectivity index (χ3n) is 3.60. The molecular weight excluding hydrogens is 330 g/mol. The monoisotopic (exact) mass is 343 g/mol. The minimum atomic E-state index is -1.36. The topological polar surface area (TPSA) is 164 Å². The summed E-state index contributed by atoms with van der Waals surface area (Å²) in [7, 11) is 0.